The van der Waals surface area contributed by atoms with E-state index in [1.165, 1.54) is 4.90 Å². The number of hydrogen-bond acceptors (Lipinski definition) is 3. The fourth-order valence-corrected chi connectivity index (χ4v) is 0.313. The first-order valence-corrected chi connectivity index (χ1v) is 5.46. The SMILES string of the molecule is CN(C)C=O.O=CC(Cl)(Cl)Cl.c1ccncc1. The number of halogens is 3. The third-order valence-corrected chi connectivity index (χ3v) is 1.18. The van der Waals surface area contributed by atoms with Gasteiger partial charge in [-0.25, -0.2) is 0 Å². The molecule has 0 saturated carbocycles. The molecular formula is C10H13Cl3N2O2. The van der Waals surface area contributed by atoms with E-state index in [1.807, 2.05) is 18.2 Å². The molecule has 1 heterocycles. The van der Waals surface area contributed by atoms with Crippen molar-refractivity contribution < 1.29 is 9.59 Å². The smallest absolute Gasteiger partial charge is 0.245 e. The van der Waals surface area contributed by atoms with E-state index in [9.17, 15) is 9.59 Å². The first-order chi connectivity index (χ1) is 7.83. The summed E-state index contributed by atoms with van der Waals surface area (Å²) in [6, 6.07) is 5.72. The third kappa shape index (κ3) is 25.4. The van der Waals surface area contributed by atoms with Gasteiger partial charge in [0.1, 0.15) is 0 Å². The van der Waals surface area contributed by atoms with Gasteiger partial charge in [0.15, 0.2) is 6.29 Å². The van der Waals surface area contributed by atoms with E-state index in [1.54, 1.807) is 26.5 Å². The standard InChI is InChI=1S/C5H5N.C3H7NO.C2HCl3O/c1-2-4-6-5-3-1;1-4(2)3-5;3-2(4,5)1-6/h1-5H;3H,1-2H3;1H. The van der Waals surface area contributed by atoms with Crippen LogP contribution < -0.4 is 0 Å². The van der Waals surface area contributed by atoms with E-state index in [-0.39, 0.29) is 6.29 Å². The van der Waals surface area contributed by atoms with E-state index in [0.29, 0.717) is 0 Å². The Morgan fingerprint density at radius 1 is 1.06 bits per heavy atom. The van der Waals surface area contributed by atoms with Crippen molar-refractivity contribution in [3.63, 3.8) is 0 Å². The number of amides is 1. The van der Waals surface area contributed by atoms with Crippen molar-refractivity contribution in [2.45, 2.75) is 3.79 Å². The van der Waals surface area contributed by atoms with Gasteiger partial charge in [0.05, 0.1) is 0 Å². The summed E-state index contributed by atoms with van der Waals surface area (Å²) in [4.78, 5) is 24.1. The van der Waals surface area contributed by atoms with Gasteiger partial charge < -0.3 is 4.90 Å². The van der Waals surface area contributed by atoms with Gasteiger partial charge in [0.25, 0.3) is 0 Å². The van der Waals surface area contributed by atoms with Gasteiger partial charge in [-0.05, 0) is 12.1 Å². The molecule has 0 atom stereocenters. The third-order valence-electron chi connectivity index (χ3n) is 0.911. The number of rotatable bonds is 1. The summed E-state index contributed by atoms with van der Waals surface area (Å²) < 4.78 is -1.72. The molecule has 17 heavy (non-hydrogen) atoms. The largest absolute Gasteiger partial charge is 0.351 e. The molecule has 0 spiro atoms. The van der Waals surface area contributed by atoms with Crippen LogP contribution in [-0.4, -0.2) is 40.5 Å². The molecule has 0 aromatic carbocycles. The van der Waals surface area contributed by atoms with Gasteiger partial charge in [0.2, 0.25) is 10.2 Å². The molecule has 0 saturated heterocycles. The monoisotopic (exact) mass is 298 g/mol. The van der Waals surface area contributed by atoms with Crippen molar-refractivity contribution >= 4 is 47.5 Å². The van der Waals surface area contributed by atoms with Crippen molar-refractivity contribution in [2.75, 3.05) is 14.1 Å². The summed E-state index contributed by atoms with van der Waals surface area (Å²) in [5.41, 5.74) is 0. The van der Waals surface area contributed by atoms with Gasteiger partial charge in [0, 0.05) is 26.5 Å². The number of carbonyl (C=O) groups is 2. The molecule has 96 valence electrons. The van der Waals surface area contributed by atoms with E-state index in [0.717, 1.165) is 6.41 Å². The number of nitrogens with zero attached hydrogens (tertiary/aromatic N) is 2. The Bertz CT molecular complexity index is 263. The zero-order valence-electron chi connectivity index (χ0n) is 9.39. The molecule has 4 nitrogen and oxygen atoms in total. The second kappa shape index (κ2) is 11.6. The molecule has 0 aliphatic heterocycles. The zero-order chi connectivity index (χ0) is 13.7. The molecule has 1 aromatic rings. The maximum absolute atomic E-state index is 9.43. The minimum Gasteiger partial charge on any atom is -0.351 e. The fraction of sp³-hybridized carbons (Fsp3) is 0.300. The Morgan fingerprint density at radius 3 is 1.47 bits per heavy atom. The highest BCUT2D eigenvalue weighted by Gasteiger charge is 2.16. The number of carbonyl (C=O) groups excluding carboxylic acids is 2. The Hall–Kier alpha value is -0.840. The quantitative estimate of drug-likeness (QED) is 0.591. The fourth-order valence-electron chi connectivity index (χ4n) is 0.313. The molecule has 0 N–H and O–H groups in total. The minimum atomic E-state index is -1.72. The van der Waals surface area contributed by atoms with Crippen LogP contribution in [0.15, 0.2) is 30.6 Å². The predicted molar refractivity (Wildman–Crippen MR) is 70.3 cm³/mol. The Balaban J connectivity index is 0. The molecule has 0 fully saturated rings. The van der Waals surface area contributed by atoms with Gasteiger partial charge in [-0.1, -0.05) is 40.9 Å². The van der Waals surface area contributed by atoms with Crippen molar-refractivity contribution in [1.82, 2.24) is 9.88 Å². The number of hydrogen-bond donors (Lipinski definition) is 0. The average molecular weight is 300 g/mol. The molecule has 0 bridgehead atoms. The van der Waals surface area contributed by atoms with E-state index in [2.05, 4.69) is 4.98 Å². The van der Waals surface area contributed by atoms with Crippen LogP contribution in [0.2, 0.25) is 0 Å². The Labute approximate surface area is 115 Å². The summed E-state index contributed by atoms with van der Waals surface area (Å²) in [6.45, 7) is 0. The topological polar surface area (TPSA) is 50.3 Å². The van der Waals surface area contributed by atoms with E-state index >= 15 is 0 Å². The molecule has 0 radical (unpaired) electrons. The van der Waals surface area contributed by atoms with Gasteiger partial charge >= 0.3 is 0 Å². The lowest BCUT2D eigenvalue weighted by Gasteiger charge is -1.93. The second-order valence-corrected chi connectivity index (χ2v) is 5.12. The van der Waals surface area contributed by atoms with E-state index < -0.39 is 3.79 Å². The van der Waals surface area contributed by atoms with Crippen molar-refractivity contribution in [3.8, 4) is 0 Å². The van der Waals surface area contributed by atoms with Gasteiger partial charge in [-0.15, -0.1) is 0 Å². The predicted octanol–water partition coefficient (Wildman–Crippen LogP) is 2.34. The maximum atomic E-state index is 9.43. The van der Waals surface area contributed by atoms with Gasteiger partial charge in [-0.2, -0.15) is 0 Å². The summed E-state index contributed by atoms with van der Waals surface area (Å²) in [5.74, 6) is 0. The average Bonchev–Trinajstić information content (AvgIpc) is 2.32. The van der Waals surface area contributed by atoms with E-state index in [4.69, 9.17) is 34.8 Å². The molecule has 7 heteroatoms. The summed E-state index contributed by atoms with van der Waals surface area (Å²) in [6.07, 6.45) is 4.48. The Kier molecular flexibility index (Phi) is 12.7. The molecule has 0 unspecified atom stereocenters. The normalized spacial score (nSPS) is 8.76. The highest BCUT2D eigenvalue weighted by Crippen LogP contribution is 2.21. The van der Waals surface area contributed by atoms with Crippen molar-refractivity contribution in [2.24, 2.45) is 0 Å². The first kappa shape index (κ1) is 18.5. The van der Waals surface area contributed by atoms with Crippen LogP contribution in [-0.2, 0) is 9.59 Å². The van der Waals surface area contributed by atoms with Crippen molar-refractivity contribution in [3.05, 3.63) is 30.6 Å². The summed E-state index contributed by atoms with van der Waals surface area (Å²) >= 11 is 14.6. The molecule has 0 aliphatic rings. The number of pyridine rings is 1. The Morgan fingerprint density at radius 2 is 1.41 bits per heavy atom. The summed E-state index contributed by atoms with van der Waals surface area (Å²) in [5, 5.41) is 0. The van der Waals surface area contributed by atoms with Crippen LogP contribution in [0.4, 0.5) is 0 Å². The second-order valence-electron chi connectivity index (χ2n) is 2.75. The number of aldehydes is 1. The van der Waals surface area contributed by atoms with Crippen LogP contribution >= 0.6 is 34.8 Å². The zero-order valence-corrected chi connectivity index (χ0v) is 11.7. The van der Waals surface area contributed by atoms with Crippen LogP contribution in [0.25, 0.3) is 0 Å². The van der Waals surface area contributed by atoms with Crippen LogP contribution in [0, 0.1) is 0 Å². The molecule has 1 rings (SSSR count). The van der Waals surface area contributed by atoms with Crippen molar-refractivity contribution in [1.29, 1.82) is 0 Å². The van der Waals surface area contributed by atoms with Crippen LogP contribution in [0.1, 0.15) is 0 Å². The molecule has 0 aliphatic carbocycles. The molecule has 1 aromatic heterocycles. The maximum Gasteiger partial charge on any atom is 0.245 e. The van der Waals surface area contributed by atoms with Crippen LogP contribution in [0.3, 0.4) is 0 Å². The first-order valence-electron chi connectivity index (χ1n) is 4.33. The minimum absolute atomic E-state index is 0.234. The lowest BCUT2D eigenvalue weighted by Crippen LogP contribution is -2.06. The molecule has 1 amide bonds. The number of alkyl halides is 3. The number of aromatic nitrogens is 1. The molecular weight excluding hydrogens is 286 g/mol. The van der Waals surface area contributed by atoms with Crippen LogP contribution in [0.5, 0.6) is 0 Å². The lowest BCUT2D eigenvalue weighted by atomic mass is 10.5. The lowest BCUT2D eigenvalue weighted by molar-refractivity contribution is -0.116. The highest BCUT2D eigenvalue weighted by molar-refractivity contribution is 6.74. The van der Waals surface area contributed by atoms with Gasteiger partial charge in [-0.3, -0.25) is 14.6 Å². The highest BCUT2D eigenvalue weighted by atomic mass is 35.6. The summed E-state index contributed by atoms with van der Waals surface area (Å²) in [7, 11) is 3.38.